The highest BCUT2D eigenvalue weighted by Gasteiger charge is 2.17. The van der Waals surface area contributed by atoms with Crippen LogP contribution in [0.5, 0.6) is 11.5 Å². The number of anilines is 1. The van der Waals surface area contributed by atoms with Crippen LogP contribution in [0.15, 0.2) is 36.4 Å². The Labute approximate surface area is 143 Å². The van der Waals surface area contributed by atoms with Crippen LogP contribution in [0.4, 0.5) is 5.69 Å². The van der Waals surface area contributed by atoms with E-state index < -0.39 is 0 Å². The number of ether oxygens (including phenoxy) is 2. The predicted octanol–water partition coefficient (Wildman–Crippen LogP) is 4.15. The summed E-state index contributed by atoms with van der Waals surface area (Å²) in [6.07, 6.45) is 0. The lowest BCUT2D eigenvalue weighted by atomic mass is 10.1. The van der Waals surface area contributed by atoms with E-state index in [2.05, 4.69) is 10.3 Å². The number of halogens is 1. The molecule has 3 aromatic rings. The first-order chi connectivity index (χ1) is 11.6. The van der Waals surface area contributed by atoms with Gasteiger partial charge in [-0.1, -0.05) is 11.6 Å². The highest BCUT2D eigenvalue weighted by atomic mass is 35.5. The van der Waals surface area contributed by atoms with Crippen molar-refractivity contribution >= 4 is 34.1 Å². The summed E-state index contributed by atoms with van der Waals surface area (Å²) >= 11 is 6.04. The number of benzene rings is 2. The van der Waals surface area contributed by atoms with Crippen molar-refractivity contribution in [3.8, 4) is 11.5 Å². The van der Waals surface area contributed by atoms with E-state index in [-0.39, 0.29) is 5.91 Å². The van der Waals surface area contributed by atoms with Gasteiger partial charge in [-0.05, 0) is 42.8 Å². The lowest BCUT2D eigenvalue weighted by Crippen LogP contribution is -2.17. The van der Waals surface area contributed by atoms with Gasteiger partial charge >= 0.3 is 0 Å². The van der Waals surface area contributed by atoms with Crippen molar-refractivity contribution in [2.24, 2.45) is 0 Å². The van der Waals surface area contributed by atoms with Crippen molar-refractivity contribution < 1.29 is 14.3 Å². The van der Waals surface area contributed by atoms with Gasteiger partial charge in [0.15, 0.2) is 11.5 Å². The zero-order chi connectivity index (χ0) is 16.7. The van der Waals surface area contributed by atoms with Crippen LogP contribution in [0.1, 0.15) is 16.1 Å². The number of nitrogens with one attached hydrogen (secondary N) is 2. The molecule has 6 heteroatoms. The highest BCUT2D eigenvalue weighted by molar-refractivity contribution is 6.31. The van der Waals surface area contributed by atoms with Crippen LogP contribution < -0.4 is 14.8 Å². The van der Waals surface area contributed by atoms with E-state index in [9.17, 15) is 4.79 Å². The minimum atomic E-state index is -0.212. The fraction of sp³-hybridized carbons (Fsp3) is 0.167. The molecule has 0 saturated heterocycles. The number of amides is 1. The summed E-state index contributed by atoms with van der Waals surface area (Å²) in [5.41, 5.74) is 2.91. The SMILES string of the molecule is Cc1c(C(=O)Nc2ccc3c(c2)OCCO3)[nH]c2ccc(Cl)cc12. The zero-order valence-corrected chi connectivity index (χ0v) is 13.7. The zero-order valence-electron chi connectivity index (χ0n) is 13.0. The topological polar surface area (TPSA) is 63.4 Å². The number of carbonyl (C=O) groups is 1. The Balaban J connectivity index is 1.63. The Morgan fingerprint density at radius 3 is 2.75 bits per heavy atom. The van der Waals surface area contributed by atoms with E-state index in [1.54, 1.807) is 24.3 Å². The van der Waals surface area contributed by atoms with Gasteiger partial charge in [0, 0.05) is 27.7 Å². The molecular weight excluding hydrogens is 328 g/mol. The number of carbonyl (C=O) groups excluding carboxylic acids is 1. The van der Waals surface area contributed by atoms with Crippen molar-refractivity contribution in [1.82, 2.24) is 4.98 Å². The third-order valence-corrected chi connectivity index (χ3v) is 4.28. The van der Waals surface area contributed by atoms with Gasteiger partial charge in [0.1, 0.15) is 18.9 Å². The summed E-state index contributed by atoms with van der Waals surface area (Å²) in [5, 5.41) is 4.47. The van der Waals surface area contributed by atoms with Crippen molar-refractivity contribution in [3.05, 3.63) is 52.7 Å². The molecule has 5 nitrogen and oxygen atoms in total. The van der Waals surface area contributed by atoms with Crippen LogP contribution in [0.2, 0.25) is 5.02 Å². The molecule has 2 heterocycles. The average molecular weight is 343 g/mol. The molecule has 0 fully saturated rings. The van der Waals surface area contributed by atoms with Gasteiger partial charge < -0.3 is 19.8 Å². The first kappa shape index (κ1) is 14.9. The third kappa shape index (κ3) is 2.57. The number of hydrogen-bond acceptors (Lipinski definition) is 3. The lowest BCUT2D eigenvalue weighted by Gasteiger charge is -2.19. The molecule has 1 aliphatic rings. The van der Waals surface area contributed by atoms with Gasteiger partial charge in [0.05, 0.1) is 0 Å². The number of fused-ring (bicyclic) bond motifs is 2. The van der Waals surface area contributed by atoms with Gasteiger partial charge in [0.25, 0.3) is 5.91 Å². The largest absolute Gasteiger partial charge is 0.486 e. The molecule has 122 valence electrons. The Bertz CT molecular complexity index is 949. The molecule has 0 spiro atoms. The molecule has 0 saturated carbocycles. The van der Waals surface area contributed by atoms with E-state index in [0.29, 0.717) is 41.1 Å². The second kappa shape index (κ2) is 5.76. The molecule has 1 amide bonds. The van der Waals surface area contributed by atoms with Gasteiger partial charge in [-0.2, -0.15) is 0 Å². The Morgan fingerprint density at radius 2 is 1.92 bits per heavy atom. The van der Waals surface area contributed by atoms with E-state index >= 15 is 0 Å². The first-order valence-corrected chi connectivity index (χ1v) is 7.98. The standard InChI is InChI=1S/C18H15ClN2O3/c1-10-13-8-11(19)2-4-14(13)21-17(10)18(22)20-12-3-5-15-16(9-12)24-7-6-23-15/h2-5,8-9,21H,6-7H2,1H3,(H,20,22). The van der Waals surface area contributed by atoms with Crippen molar-refractivity contribution in [2.45, 2.75) is 6.92 Å². The molecule has 0 aliphatic carbocycles. The second-order valence-electron chi connectivity index (χ2n) is 5.63. The molecule has 2 aromatic carbocycles. The molecule has 4 rings (SSSR count). The average Bonchev–Trinajstić information content (AvgIpc) is 2.91. The van der Waals surface area contributed by atoms with Crippen LogP contribution in [-0.2, 0) is 0 Å². The minimum absolute atomic E-state index is 0.212. The number of aromatic amines is 1. The lowest BCUT2D eigenvalue weighted by molar-refractivity contribution is 0.102. The molecule has 1 aromatic heterocycles. The molecule has 2 N–H and O–H groups in total. The summed E-state index contributed by atoms with van der Waals surface area (Å²) < 4.78 is 11.0. The molecule has 0 radical (unpaired) electrons. The van der Waals surface area contributed by atoms with Crippen LogP contribution in [0, 0.1) is 6.92 Å². The van der Waals surface area contributed by atoms with Crippen LogP contribution in [0.3, 0.4) is 0 Å². The Hall–Kier alpha value is -2.66. The Morgan fingerprint density at radius 1 is 1.12 bits per heavy atom. The predicted molar refractivity (Wildman–Crippen MR) is 93.4 cm³/mol. The molecule has 1 aliphatic heterocycles. The van der Waals surface area contributed by atoms with Gasteiger partial charge in [-0.25, -0.2) is 0 Å². The maximum Gasteiger partial charge on any atom is 0.272 e. The summed E-state index contributed by atoms with van der Waals surface area (Å²) in [6, 6.07) is 10.9. The molecule has 0 bridgehead atoms. The smallest absolute Gasteiger partial charge is 0.272 e. The highest BCUT2D eigenvalue weighted by Crippen LogP contribution is 2.33. The fourth-order valence-electron chi connectivity index (χ4n) is 2.84. The number of aryl methyl sites for hydroxylation is 1. The van der Waals surface area contributed by atoms with Crippen LogP contribution in [-0.4, -0.2) is 24.1 Å². The Kier molecular flexibility index (Phi) is 3.58. The quantitative estimate of drug-likeness (QED) is 0.735. The first-order valence-electron chi connectivity index (χ1n) is 7.60. The summed E-state index contributed by atoms with van der Waals surface area (Å²) in [4.78, 5) is 15.8. The van der Waals surface area contributed by atoms with Crippen molar-refractivity contribution in [3.63, 3.8) is 0 Å². The molecular formula is C18H15ClN2O3. The summed E-state index contributed by atoms with van der Waals surface area (Å²) in [5.74, 6) is 1.12. The molecule has 0 atom stereocenters. The number of hydrogen-bond donors (Lipinski definition) is 2. The normalized spacial score (nSPS) is 13.1. The number of aromatic nitrogens is 1. The van der Waals surface area contributed by atoms with Gasteiger partial charge in [-0.15, -0.1) is 0 Å². The van der Waals surface area contributed by atoms with Gasteiger partial charge in [-0.3, -0.25) is 4.79 Å². The molecule has 0 unspecified atom stereocenters. The number of H-pyrrole nitrogens is 1. The van der Waals surface area contributed by atoms with Crippen LogP contribution >= 0.6 is 11.6 Å². The fourth-order valence-corrected chi connectivity index (χ4v) is 3.01. The monoisotopic (exact) mass is 342 g/mol. The maximum atomic E-state index is 12.6. The van der Waals surface area contributed by atoms with Crippen LogP contribution in [0.25, 0.3) is 10.9 Å². The van der Waals surface area contributed by atoms with Crippen molar-refractivity contribution in [2.75, 3.05) is 18.5 Å². The molecule has 24 heavy (non-hydrogen) atoms. The minimum Gasteiger partial charge on any atom is -0.486 e. The van der Waals surface area contributed by atoms with E-state index in [1.807, 2.05) is 19.1 Å². The maximum absolute atomic E-state index is 12.6. The summed E-state index contributed by atoms with van der Waals surface area (Å²) in [7, 11) is 0. The van der Waals surface area contributed by atoms with Gasteiger partial charge in [0.2, 0.25) is 0 Å². The summed E-state index contributed by atoms with van der Waals surface area (Å²) in [6.45, 7) is 2.94. The third-order valence-electron chi connectivity index (χ3n) is 4.05. The second-order valence-corrected chi connectivity index (χ2v) is 6.06. The van der Waals surface area contributed by atoms with E-state index in [1.165, 1.54) is 0 Å². The van der Waals surface area contributed by atoms with E-state index in [4.69, 9.17) is 21.1 Å². The number of rotatable bonds is 2. The van der Waals surface area contributed by atoms with E-state index in [0.717, 1.165) is 16.5 Å². The van der Waals surface area contributed by atoms with Crippen molar-refractivity contribution in [1.29, 1.82) is 0 Å².